The number of benzene rings is 2. The first-order chi connectivity index (χ1) is 9.79. The van der Waals surface area contributed by atoms with Crippen LogP contribution in [0.25, 0.3) is 0 Å². The number of aromatic carboxylic acids is 1. The second kappa shape index (κ2) is 5.43. The molecule has 110 valence electrons. The zero-order chi connectivity index (χ0) is 15.6. The van der Waals surface area contributed by atoms with E-state index in [0.29, 0.717) is 6.07 Å². The minimum atomic E-state index is -4.82. The highest BCUT2D eigenvalue weighted by Crippen LogP contribution is 2.37. The van der Waals surface area contributed by atoms with Gasteiger partial charge in [0.1, 0.15) is 22.9 Å². The van der Waals surface area contributed by atoms with Crippen LogP contribution in [0.15, 0.2) is 42.5 Å². The summed E-state index contributed by atoms with van der Waals surface area (Å²) in [6.45, 7) is 0. The molecule has 2 rings (SSSR count). The van der Waals surface area contributed by atoms with Gasteiger partial charge in [0.05, 0.1) is 5.56 Å². The average molecular weight is 300 g/mol. The molecule has 0 aliphatic heterocycles. The molecule has 0 aromatic heterocycles. The van der Waals surface area contributed by atoms with Crippen molar-refractivity contribution in [1.82, 2.24) is 0 Å². The van der Waals surface area contributed by atoms with Crippen molar-refractivity contribution in [3.63, 3.8) is 0 Å². The summed E-state index contributed by atoms with van der Waals surface area (Å²) in [5, 5.41) is 8.99. The number of alkyl halides is 3. The Kier molecular flexibility index (Phi) is 3.84. The van der Waals surface area contributed by atoms with E-state index in [-0.39, 0.29) is 5.75 Å². The molecule has 0 unspecified atom stereocenters. The Morgan fingerprint density at radius 2 is 1.67 bits per heavy atom. The Bertz CT molecular complexity index is 663. The second-order valence-electron chi connectivity index (χ2n) is 4.04. The highest BCUT2D eigenvalue weighted by molar-refractivity contribution is 5.93. The number of rotatable bonds is 3. The summed E-state index contributed by atoms with van der Waals surface area (Å²) in [6.07, 6.45) is -4.82. The number of ether oxygens (including phenoxy) is 1. The lowest BCUT2D eigenvalue weighted by Gasteiger charge is -2.14. The highest BCUT2D eigenvalue weighted by Gasteiger charge is 2.37. The summed E-state index contributed by atoms with van der Waals surface area (Å²) in [4.78, 5) is 11.1. The molecule has 0 bridgehead atoms. The number of carboxylic acids is 1. The fourth-order valence-electron chi connectivity index (χ4n) is 1.70. The molecular formula is C14H8F4O3. The quantitative estimate of drug-likeness (QED) is 0.858. The average Bonchev–Trinajstić information content (AvgIpc) is 2.40. The molecule has 2 aromatic rings. The fraction of sp³-hybridized carbons (Fsp3) is 0.0714. The van der Waals surface area contributed by atoms with Crippen LogP contribution in [0.2, 0.25) is 0 Å². The molecule has 1 N–H and O–H groups in total. The number of carboxylic acid groups (broad SMARTS) is 1. The van der Waals surface area contributed by atoms with Crippen molar-refractivity contribution in [2.45, 2.75) is 6.18 Å². The lowest BCUT2D eigenvalue weighted by atomic mass is 10.1. The number of hydrogen-bond acceptors (Lipinski definition) is 2. The first-order valence-electron chi connectivity index (χ1n) is 5.66. The van der Waals surface area contributed by atoms with Gasteiger partial charge in [-0.05, 0) is 36.4 Å². The Morgan fingerprint density at radius 1 is 1.05 bits per heavy atom. The van der Waals surface area contributed by atoms with Crippen molar-refractivity contribution in [3.05, 3.63) is 59.4 Å². The molecule has 0 aliphatic rings. The number of hydrogen-bond donors (Lipinski definition) is 1. The summed E-state index contributed by atoms with van der Waals surface area (Å²) >= 11 is 0. The predicted octanol–water partition coefficient (Wildman–Crippen LogP) is 4.34. The van der Waals surface area contributed by atoms with E-state index in [1.165, 1.54) is 12.1 Å². The molecule has 7 heteroatoms. The lowest BCUT2D eigenvalue weighted by Crippen LogP contribution is -2.13. The lowest BCUT2D eigenvalue weighted by molar-refractivity contribution is -0.138. The third-order valence-corrected chi connectivity index (χ3v) is 2.59. The van der Waals surface area contributed by atoms with E-state index in [4.69, 9.17) is 9.84 Å². The van der Waals surface area contributed by atoms with Crippen LogP contribution < -0.4 is 4.74 Å². The Hall–Kier alpha value is -2.57. The molecule has 0 saturated heterocycles. The van der Waals surface area contributed by atoms with Crippen LogP contribution in [0.5, 0.6) is 11.5 Å². The van der Waals surface area contributed by atoms with Gasteiger partial charge in [-0.3, -0.25) is 0 Å². The zero-order valence-corrected chi connectivity index (χ0v) is 10.3. The van der Waals surface area contributed by atoms with Crippen LogP contribution in [0.1, 0.15) is 15.9 Å². The molecule has 0 aliphatic carbocycles. The SMILES string of the molecule is O=C(O)c1c(Oc2ccc(F)cc2)cccc1C(F)(F)F. The van der Waals surface area contributed by atoms with E-state index in [1.54, 1.807) is 0 Å². The highest BCUT2D eigenvalue weighted by atomic mass is 19.4. The molecular weight excluding hydrogens is 292 g/mol. The van der Waals surface area contributed by atoms with Gasteiger partial charge in [-0.15, -0.1) is 0 Å². The number of carbonyl (C=O) groups is 1. The minimum Gasteiger partial charge on any atom is -0.478 e. The van der Waals surface area contributed by atoms with Crippen molar-refractivity contribution >= 4 is 5.97 Å². The predicted molar refractivity (Wildman–Crippen MR) is 64.9 cm³/mol. The summed E-state index contributed by atoms with van der Waals surface area (Å²) in [5.41, 5.74) is -2.30. The van der Waals surface area contributed by atoms with Gasteiger partial charge in [-0.25, -0.2) is 9.18 Å². The van der Waals surface area contributed by atoms with E-state index < -0.39 is 34.8 Å². The van der Waals surface area contributed by atoms with Gasteiger partial charge in [0, 0.05) is 0 Å². The molecule has 0 spiro atoms. The maximum absolute atomic E-state index is 12.8. The van der Waals surface area contributed by atoms with E-state index in [2.05, 4.69) is 0 Å². The van der Waals surface area contributed by atoms with Gasteiger partial charge < -0.3 is 9.84 Å². The van der Waals surface area contributed by atoms with Crippen LogP contribution >= 0.6 is 0 Å². The third-order valence-electron chi connectivity index (χ3n) is 2.59. The normalized spacial score (nSPS) is 11.2. The second-order valence-corrected chi connectivity index (χ2v) is 4.04. The van der Waals surface area contributed by atoms with Crippen LogP contribution in [0, 0.1) is 5.82 Å². The largest absolute Gasteiger partial charge is 0.478 e. The fourth-order valence-corrected chi connectivity index (χ4v) is 1.70. The number of halogens is 4. The van der Waals surface area contributed by atoms with Gasteiger partial charge in [0.25, 0.3) is 0 Å². The van der Waals surface area contributed by atoms with E-state index >= 15 is 0 Å². The Balaban J connectivity index is 2.48. The maximum atomic E-state index is 12.8. The summed E-state index contributed by atoms with van der Waals surface area (Å²) in [5.74, 6) is -2.76. The molecule has 0 atom stereocenters. The maximum Gasteiger partial charge on any atom is 0.417 e. The molecule has 0 fully saturated rings. The van der Waals surface area contributed by atoms with Crippen molar-refractivity contribution < 1.29 is 32.2 Å². The molecule has 0 radical (unpaired) electrons. The van der Waals surface area contributed by atoms with Crippen LogP contribution in [0.3, 0.4) is 0 Å². The van der Waals surface area contributed by atoms with Gasteiger partial charge in [0.2, 0.25) is 0 Å². The Labute approximate surface area is 116 Å². The summed E-state index contributed by atoms with van der Waals surface area (Å²) < 4.78 is 56.3. The van der Waals surface area contributed by atoms with Crippen molar-refractivity contribution in [1.29, 1.82) is 0 Å². The molecule has 2 aromatic carbocycles. The molecule has 0 heterocycles. The Morgan fingerprint density at radius 3 is 2.19 bits per heavy atom. The monoisotopic (exact) mass is 300 g/mol. The summed E-state index contributed by atoms with van der Waals surface area (Å²) in [7, 11) is 0. The van der Waals surface area contributed by atoms with E-state index in [1.807, 2.05) is 0 Å². The van der Waals surface area contributed by atoms with Crippen molar-refractivity contribution in [2.24, 2.45) is 0 Å². The van der Waals surface area contributed by atoms with Gasteiger partial charge in [-0.1, -0.05) is 6.07 Å². The van der Waals surface area contributed by atoms with Gasteiger partial charge in [-0.2, -0.15) is 13.2 Å². The third kappa shape index (κ3) is 3.31. The zero-order valence-electron chi connectivity index (χ0n) is 10.3. The molecule has 3 nitrogen and oxygen atoms in total. The first kappa shape index (κ1) is 14.8. The molecule has 0 amide bonds. The van der Waals surface area contributed by atoms with Gasteiger partial charge in [0.15, 0.2) is 0 Å². The minimum absolute atomic E-state index is 0.0261. The van der Waals surface area contributed by atoms with Gasteiger partial charge >= 0.3 is 12.1 Å². The van der Waals surface area contributed by atoms with E-state index in [9.17, 15) is 22.4 Å². The van der Waals surface area contributed by atoms with Crippen molar-refractivity contribution in [2.75, 3.05) is 0 Å². The first-order valence-corrected chi connectivity index (χ1v) is 5.66. The van der Waals surface area contributed by atoms with E-state index in [0.717, 1.165) is 24.3 Å². The van der Waals surface area contributed by atoms with Crippen LogP contribution in [0.4, 0.5) is 17.6 Å². The topological polar surface area (TPSA) is 46.5 Å². The standard InChI is InChI=1S/C14H8F4O3/c15-8-4-6-9(7-5-8)21-11-3-1-2-10(14(16,17)18)12(11)13(19)20/h1-7H,(H,19,20). The van der Waals surface area contributed by atoms with Crippen LogP contribution in [-0.4, -0.2) is 11.1 Å². The van der Waals surface area contributed by atoms with Crippen LogP contribution in [-0.2, 0) is 6.18 Å². The summed E-state index contributed by atoms with van der Waals surface area (Å²) in [6, 6.07) is 7.24. The smallest absolute Gasteiger partial charge is 0.417 e. The molecule has 21 heavy (non-hydrogen) atoms. The molecule has 0 saturated carbocycles. The van der Waals surface area contributed by atoms with Crippen molar-refractivity contribution in [3.8, 4) is 11.5 Å².